The number of rotatable bonds is 4. The lowest BCUT2D eigenvalue weighted by Crippen LogP contribution is -1.95. The smallest absolute Gasteiger partial charge is 0.101 e. The molecule has 0 unspecified atom stereocenters. The summed E-state index contributed by atoms with van der Waals surface area (Å²) in [6.45, 7) is 5.05. The number of terminal acetylenes is 1. The van der Waals surface area contributed by atoms with Gasteiger partial charge in [-0.25, -0.2) is 0 Å². The van der Waals surface area contributed by atoms with Crippen molar-refractivity contribution in [3.05, 3.63) is 33.0 Å². The van der Waals surface area contributed by atoms with Crippen molar-refractivity contribution in [3.63, 3.8) is 0 Å². The molecule has 0 spiro atoms. The third-order valence-corrected chi connectivity index (χ3v) is 4.77. The summed E-state index contributed by atoms with van der Waals surface area (Å²) in [5.74, 6) is 3.68. The molecule has 104 valence electrons. The standard InChI is InChI=1S/C16H16Br2N2/c1-4-5-20-9-11(12(8-19)10-20)6-13-14(7-15(17)18)16(13,2)3/h1,7,9-10,13-14H,5-6H2,2-3H3/t13-,14+/m1/s1. The Morgan fingerprint density at radius 1 is 1.50 bits per heavy atom. The summed E-state index contributed by atoms with van der Waals surface area (Å²) < 4.78 is 2.91. The Hall–Kier alpha value is -0.970. The van der Waals surface area contributed by atoms with Gasteiger partial charge in [-0.2, -0.15) is 5.26 Å². The zero-order chi connectivity index (χ0) is 14.9. The molecule has 0 radical (unpaired) electrons. The molecule has 0 amide bonds. The molecule has 1 aromatic heterocycles. The number of nitrogens with zero attached hydrogens (tertiary/aromatic N) is 2. The van der Waals surface area contributed by atoms with Gasteiger partial charge >= 0.3 is 0 Å². The van der Waals surface area contributed by atoms with E-state index in [1.54, 1.807) is 0 Å². The normalized spacial score (nSPS) is 22.7. The molecule has 0 aromatic carbocycles. The van der Waals surface area contributed by atoms with Crippen LogP contribution in [0.2, 0.25) is 0 Å². The van der Waals surface area contributed by atoms with Gasteiger partial charge in [0.05, 0.1) is 15.5 Å². The van der Waals surface area contributed by atoms with Crippen molar-refractivity contribution in [1.82, 2.24) is 4.57 Å². The first-order valence-corrected chi connectivity index (χ1v) is 8.03. The second-order valence-electron chi connectivity index (χ2n) is 5.80. The van der Waals surface area contributed by atoms with Crippen LogP contribution in [0.15, 0.2) is 21.9 Å². The monoisotopic (exact) mass is 394 g/mol. The largest absolute Gasteiger partial charge is 0.341 e. The minimum absolute atomic E-state index is 0.272. The van der Waals surface area contributed by atoms with Crippen LogP contribution in [0.3, 0.4) is 0 Å². The Labute approximate surface area is 137 Å². The summed E-state index contributed by atoms with van der Waals surface area (Å²) in [4.78, 5) is 0. The van der Waals surface area contributed by atoms with Crippen LogP contribution in [-0.4, -0.2) is 4.57 Å². The quantitative estimate of drug-likeness (QED) is 0.692. The molecule has 1 aliphatic rings. The molecule has 1 aromatic rings. The maximum Gasteiger partial charge on any atom is 0.101 e. The predicted molar refractivity (Wildman–Crippen MR) is 88.4 cm³/mol. The van der Waals surface area contributed by atoms with Crippen molar-refractivity contribution >= 4 is 31.9 Å². The van der Waals surface area contributed by atoms with Gasteiger partial charge in [0, 0.05) is 12.4 Å². The SMILES string of the molecule is C#CCn1cc(C#N)c(C[C@@H]2[C@H](C=C(Br)Br)C2(C)C)c1. The third-order valence-electron chi connectivity index (χ3n) is 4.24. The lowest BCUT2D eigenvalue weighted by atomic mass is 10.0. The molecule has 2 atom stereocenters. The van der Waals surface area contributed by atoms with E-state index in [2.05, 4.69) is 63.8 Å². The molecular weight excluding hydrogens is 380 g/mol. The van der Waals surface area contributed by atoms with Gasteiger partial charge < -0.3 is 4.57 Å². The molecule has 4 heteroatoms. The first kappa shape index (κ1) is 15.4. The van der Waals surface area contributed by atoms with Gasteiger partial charge in [0.15, 0.2) is 0 Å². The molecule has 0 bridgehead atoms. The third kappa shape index (κ3) is 3.03. The van der Waals surface area contributed by atoms with E-state index in [0.717, 1.165) is 20.9 Å². The average molecular weight is 396 g/mol. The average Bonchev–Trinajstić information content (AvgIpc) is 2.74. The van der Waals surface area contributed by atoms with E-state index in [4.69, 9.17) is 6.42 Å². The minimum Gasteiger partial charge on any atom is -0.341 e. The summed E-state index contributed by atoms with van der Waals surface area (Å²) in [7, 11) is 0. The van der Waals surface area contributed by atoms with Gasteiger partial charge in [0.2, 0.25) is 0 Å². The molecule has 1 heterocycles. The van der Waals surface area contributed by atoms with E-state index in [1.165, 1.54) is 0 Å². The maximum absolute atomic E-state index is 9.23. The van der Waals surface area contributed by atoms with Crippen molar-refractivity contribution < 1.29 is 0 Å². The molecule has 0 saturated heterocycles. The van der Waals surface area contributed by atoms with Crippen LogP contribution in [0.5, 0.6) is 0 Å². The van der Waals surface area contributed by atoms with Crippen molar-refractivity contribution in [2.24, 2.45) is 17.3 Å². The molecule has 0 N–H and O–H groups in total. The van der Waals surface area contributed by atoms with E-state index in [9.17, 15) is 5.26 Å². The molecule has 20 heavy (non-hydrogen) atoms. The zero-order valence-corrected chi connectivity index (χ0v) is 14.7. The Morgan fingerprint density at radius 2 is 2.20 bits per heavy atom. The number of aromatic nitrogens is 1. The molecule has 1 aliphatic carbocycles. The molecule has 0 aliphatic heterocycles. The maximum atomic E-state index is 9.23. The van der Waals surface area contributed by atoms with Crippen molar-refractivity contribution in [2.75, 3.05) is 0 Å². The van der Waals surface area contributed by atoms with Gasteiger partial charge in [-0.1, -0.05) is 25.8 Å². The van der Waals surface area contributed by atoms with Gasteiger partial charge in [0.25, 0.3) is 0 Å². The highest BCUT2D eigenvalue weighted by Crippen LogP contribution is 2.61. The van der Waals surface area contributed by atoms with Crippen molar-refractivity contribution in [1.29, 1.82) is 5.26 Å². The fraction of sp³-hybridized carbons (Fsp3) is 0.438. The van der Waals surface area contributed by atoms with Crippen LogP contribution in [0.1, 0.15) is 25.0 Å². The second-order valence-corrected chi connectivity index (χ2v) is 8.57. The van der Waals surface area contributed by atoms with E-state index in [-0.39, 0.29) is 5.41 Å². The van der Waals surface area contributed by atoms with Crippen LogP contribution in [-0.2, 0) is 13.0 Å². The summed E-state index contributed by atoms with van der Waals surface area (Å²) in [6, 6.07) is 2.27. The van der Waals surface area contributed by atoms with E-state index < -0.39 is 0 Å². The second kappa shape index (κ2) is 5.80. The number of allylic oxidation sites excluding steroid dienone is 1. The highest BCUT2D eigenvalue weighted by molar-refractivity contribution is 9.28. The van der Waals surface area contributed by atoms with Crippen LogP contribution >= 0.6 is 31.9 Å². The number of hydrogen-bond acceptors (Lipinski definition) is 1. The first-order valence-electron chi connectivity index (χ1n) is 6.45. The number of nitriles is 1. The fourth-order valence-corrected chi connectivity index (χ4v) is 3.47. The highest BCUT2D eigenvalue weighted by Gasteiger charge is 2.55. The van der Waals surface area contributed by atoms with Crippen LogP contribution < -0.4 is 0 Å². The molecule has 1 fully saturated rings. The zero-order valence-electron chi connectivity index (χ0n) is 11.5. The van der Waals surface area contributed by atoms with Crippen molar-refractivity contribution in [2.45, 2.75) is 26.8 Å². The highest BCUT2D eigenvalue weighted by atomic mass is 79.9. The van der Waals surface area contributed by atoms with Crippen LogP contribution in [0.25, 0.3) is 0 Å². The summed E-state index contributed by atoms with van der Waals surface area (Å²) in [5, 5.41) is 9.23. The number of hydrogen-bond donors (Lipinski definition) is 0. The Balaban J connectivity index is 2.18. The Bertz CT molecular complexity index is 622. The minimum atomic E-state index is 0.272. The topological polar surface area (TPSA) is 28.7 Å². The van der Waals surface area contributed by atoms with Crippen LogP contribution in [0, 0.1) is 40.9 Å². The Morgan fingerprint density at radius 3 is 2.75 bits per heavy atom. The molecular formula is C16H16Br2N2. The summed E-state index contributed by atoms with van der Waals surface area (Å²) in [5.41, 5.74) is 2.11. The lowest BCUT2D eigenvalue weighted by molar-refractivity contribution is 0.549. The van der Waals surface area contributed by atoms with Gasteiger partial charge in [-0.3, -0.25) is 0 Å². The predicted octanol–water partition coefficient (Wildman–Crippen LogP) is 4.44. The van der Waals surface area contributed by atoms with Gasteiger partial charge in [0.1, 0.15) is 6.07 Å². The van der Waals surface area contributed by atoms with Gasteiger partial charge in [-0.15, -0.1) is 6.42 Å². The van der Waals surface area contributed by atoms with Gasteiger partial charge in [-0.05, 0) is 61.1 Å². The first-order chi connectivity index (χ1) is 9.40. The van der Waals surface area contributed by atoms with Crippen LogP contribution in [0.4, 0.5) is 0 Å². The fourth-order valence-electron chi connectivity index (χ4n) is 2.90. The van der Waals surface area contributed by atoms with E-state index >= 15 is 0 Å². The van der Waals surface area contributed by atoms with Crippen molar-refractivity contribution in [3.8, 4) is 18.4 Å². The molecule has 2 rings (SSSR count). The molecule has 1 saturated carbocycles. The summed E-state index contributed by atoms with van der Waals surface area (Å²) in [6.07, 6.45) is 12.3. The number of halogens is 2. The lowest BCUT2D eigenvalue weighted by Gasteiger charge is -2.01. The molecule has 2 nitrogen and oxygen atoms in total. The Kier molecular flexibility index (Phi) is 4.47. The van der Waals surface area contributed by atoms with E-state index in [1.807, 2.05) is 17.0 Å². The summed E-state index contributed by atoms with van der Waals surface area (Å²) >= 11 is 6.86. The van der Waals surface area contributed by atoms with E-state index in [0.29, 0.717) is 18.4 Å².